The molecule has 0 saturated heterocycles. The molecule has 0 saturated carbocycles. The Bertz CT molecular complexity index is 833. The molecule has 5 nitrogen and oxygen atoms in total. The highest BCUT2D eigenvalue weighted by Crippen LogP contribution is 2.25. The standard InChI is InChI=1S/C14H5N3O2/c15-5-8-1-10(6-16)13-4-9(14(18)19)3-11(7-17)12(13)2-8/h1-4H,(H,18,19). The number of nitrogens with zero attached hydrogens (tertiary/aromatic N) is 3. The highest BCUT2D eigenvalue weighted by Gasteiger charge is 2.13. The Morgan fingerprint density at radius 1 is 0.895 bits per heavy atom. The van der Waals surface area contributed by atoms with Crippen molar-refractivity contribution >= 4 is 16.7 Å². The van der Waals surface area contributed by atoms with Gasteiger partial charge in [0.2, 0.25) is 0 Å². The van der Waals surface area contributed by atoms with Gasteiger partial charge in [-0.15, -0.1) is 0 Å². The van der Waals surface area contributed by atoms with Gasteiger partial charge in [-0.25, -0.2) is 4.79 Å². The van der Waals surface area contributed by atoms with Crippen molar-refractivity contribution in [3.63, 3.8) is 0 Å². The van der Waals surface area contributed by atoms with E-state index in [9.17, 15) is 4.79 Å². The van der Waals surface area contributed by atoms with E-state index in [2.05, 4.69) is 0 Å². The Morgan fingerprint density at radius 3 is 2.00 bits per heavy atom. The number of hydrogen-bond acceptors (Lipinski definition) is 4. The van der Waals surface area contributed by atoms with Crippen LogP contribution in [0.15, 0.2) is 24.3 Å². The van der Waals surface area contributed by atoms with E-state index in [0.29, 0.717) is 10.8 Å². The molecule has 0 fully saturated rings. The third-order valence-corrected chi connectivity index (χ3v) is 2.69. The molecule has 0 aliphatic carbocycles. The summed E-state index contributed by atoms with van der Waals surface area (Å²) in [6, 6.07) is 11.1. The third kappa shape index (κ3) is 1.95. The van der Waals surface area contributed by atoms with Crippen molar-refractivity contribution < 1.29 is 9.90 Å². The Morgan fingerprint density at radius 2 is 1.47 bits per heavy atom. The quantitative estimate of drug-likeness (QED) is 0.830. The molecule has 1 N–H and O–H groups in total. The van der Waals surface area contributed by atoms with Gasteiger partial charge in [0.05, 0.1) is 40.5 Å². The lowest BCUT2D eigenvalue weighted by Gasteiger charge is -2.05. The maximum atomic E-state index is 11.0. The lowest BCUT2D eigenvalue weighted by atomic mass is 9.96. The highest BCUT2D eigenvalue weighted by molar-refractivity contribution is 6.00. The Balaban J connectivity index is 3.00. The molecule has 0 aliphatic rings. The molecular formula is C14H5N3O2. The van der Waals surface area contributed by atoms with Crippen molar-refractivity contribution in [2.24, 2.45) is 0 Å². The van der Waals surface area contributed by atoms with Crippen molar-refractivity contribution in [2.45, 2.75) is 0 Å². The van der Waals surface area contributed by atoms with Crippen LogP contribution in [0.2, 0.25) is 0 Å². The van der Waals surface area contributed by atoms with Crippen LogP contribution in [0, 0.1) is 34.0 Å². The zero-order chi connectivity index (χ0) is 14.0. The van der Waals surface area contributed by atoms with Gasteiger partial charge in [-0.1, -0.05) is 0 Å². The largest absolute Gasteiger partial charge is 0.478 e. The molecule has 0 spiro atoms. The van der Waals surface area contributed by atoms with Crippen LogP contribution in [-0.4, -0.2) is 11.1 Å². The van der Waals surface area contributed by atoms with E-state index in [-0.39, 0.29) is 22.3 Å². The fraction of sp³-hybridized carbons (Fsp3) is 0. The molecule has 0 unspecified atom stereocenters. The van der Waals surface area contributed by atoms with Gasteiger partial charge < -0.3 is 5.11 Å². The molecular weight excluding hydrogens is 242 g/mol. The van der Waals surface area contributed by atoms with Crippen LogP contribution in [0.1, 0.15) is 27.0 Å². The lowest BCUT2D eigenvalue weighted by molar-refractivity contribution is 0.0697. The van der Waals surface area contributed by atoms with Gasteiger partial charge in [-0.05, 0) is 24.3 Å². The summed E-state index contributed by atoms with van der Waals surface area (Å²) < 4.78 is 0. The van der Waals surface area contributed by atoms with Gasteiger partial charge >= 0.3 is 5.97 Å². The number of fused-ring (bicyclic) bond motifs is 1. The minimum absolute atomic E-state index is 0.0646. The SMILES string of the molecule is N#Cc1cc(C#N)c2cc(C(=O)O)cc(C#N)c2c1. The van der Waals surface area contributed by atoms with Crippen LogP contribution < -0.4 is 0 Å². The second-order valence-electron chi connectivity index (χ2n) is 3.78. The summed E-state index contributed by atoms with van der Waals surface area (Å²) in [7, 11) is 0. The third-order valence-electron chi connectivity index (χ3n) is 2.69. The molecule has 0 radical (unpaired) electrons. The monoisotopic (exact) mass is 247 g/mol. The van der Waals surface area contributed by atoms with Gasteiger partial charge in [0.15, 0.2) is 0 Å². The van der Waals surface area contributed by atoms with Crippen molar-refractivity contribution in [1.29, 1.82) is 15.8 Å². The van der Waals surface area contributed by atoms with Crippen LogP contribution in [0.5, 0.6) is 0 Å². The average Bonchev–Trinajstić information content (AvgIpc) is 2.44. The number of benzene rings is 2. The summed E-state index contributed by atoms with van der Waals surface area (Å²) in [5.74, 6) is -1.17. The fourth-order valence-corrected chi connectivity index (χ4v) is 1.84. The second-order valence-corrected chi connectivity index (χ2v) is 3.78. The van der Waals surface area contributed by atoms with Crippen molar-refractivity contribution in [3.8, 4) is 18.2 Å². The molecule has 2 rings (SSSR count). The van der Waals surface area contributed by atoms with Crippen molar-refractivity contribution in [1.82, 2.24) is 0 Å². The Labute approximate surface area is 108 Å². The Kier molecular flexibility index (Phi) is 2.86. The van der Waals surface area contributed by atoms with Gasteiger partial charge in [-0.2, -0.15) is 15.8 Å². The first kappa shape index (κ1) is 12.1. The zero-order valence-corrected chi connectivity index (χ0v) is 9.51. The average molecular weight is 247 g/mol. The molecule has 0 amide bonds. The van der Waals surface area contributed by atoms with Crippen LogP contribution in [-0.2, 0) is 0 Å². The van der Waals surface area contributed by atoms with Gasteiger partial charge in [0, 0.05) is 10.8 Å². The summed E-state index contributed by atoms with van der Waals surface area (Å²) in [6.45, 7) is 0. The molecule has 19 heavy (non-hydrogen) atoms. The summed E-state index contributed by atoms with van der Waals surface area (Å²) in [6.07, 6.45) is 0. The first-order valence-corrected chi connectivity index (χ1v) is 5.16. The summed E-state index contributed by atoms with van der Waals surface area (Å²) in [5.41, 5.74) is 0.492. The molecule has 0 atom stereocenters. The molecule has 88 valence electrons. The summed E-state index contributed by atoms with van der Waals surface area (Å²) in [4.78, 5) is 11.0. The first-order chi connectivity index (χ1) is 9.10. The van der Waals surface area contributed by atoms with E-state index in [1.807, 2.05) is 18.2 Å². The van der Waals surface area contributed by atoms with E-state index < -0.39 is 5.97 Å². The van der Waals surface area contributed by atoms with Crippen LogP contribution in [0.3, 0.4) is 0 Å². The molecule has 2 aromatic rings. The van der Waals surface area contributed by atoms with E-state index in [1.165, 1.54) is 24.3 Å². The van der Waals surface area contributed by atoms with Crippen molar-refractivity contribution in [3.05, 3.63) is 46.5 Å². The second kappa shape index (κ2) is 4.49. The maximum absolute atomic E-state index is 11.0. The predicted molar refractivity (Wildman–Crippen MR) is 65.1 cm³/mol. The number of nitriles is 3. The molecule has 5 heteroatoms. The van der Waals surface area contributed by atoms with E-state index in [0.717, 1.165) is 0 Å². The van der Waals surface area contributed by atoms with E-state index >= 15 is 0 Å². The number of carbonyl (C=O) groups is 1. The minimum Gasteiger partial charge on any atom is -0.478 e. The van der Waals surface area contributed by atoms with Crippen molar-refractivity contribution in [2.75, 3.05) is 0 Å². The normalized spacial score (nSPS) is 9.32. The molecule has 0 bridgehead atoms. The molecule has 0 aromatic heterocycles. The highest BCUT2D eigenvalue weighted by atomic mass is 16.4. The smallest absolute Gasteiger partial charge is 0.335 e. The number of aromatic carboxylic acids is 1. The van der Waals surface area contributed by atoms with Gasteiger partial charge in [-0.3, -0.25) is 0 Å². The van der Waals surface area contributed by atoms with Gasteiger partial charge in [0.1, 0.15) is 0 Å². The molecule has 2 aromatic carbocycles. The fourth-order valence-electron chi connectivity index (χ4n) is 1.84. The topological polar surface area (TPSA) is 109 Å². The first-order valence-electron chi connectivity index (χ1n) is 5.16. The predicted octanol–water partition coefficient (Wildman–Crippen LogP) is 2.15. The van der Waals surface area contributed by atoms with Crippen LogP contribution in [0.25, 0.3) is 10.8 Å². The van der Waals surface area contributed by atoms with Gasteiger partial charge in [0.25, 0.3) is 0 Å². The maximum Gasteiger partial charge on any atom is 0.335 e. The lowest BCUT2D eigenvalue weighted by Crippen LogP contribution is -1.98. The number of carboxylic acids is 1. The summed E-state index contributed by atoms with van der Waals surface area (Å²) >= 11 is 0. The molecule has 0 heterocycles. The minimum atomic E-state index is -1.17. The zero-order valence-electron chi connectivity index (χ0n) is 9.51. The molecule has 0 aliphatic heterocycles. The number of hydrogen-bond donors (Lipinski definition) is 1. The number of carboxylic acid groups (broad SMARTS) is 1. The van der Waals surface area contributed by atoms with E-state index in [4.69, 9.17) is 20.9 Å². The van der Waals surface area contributed by atoms with E-state index in [1.54, 1.807) is 0 Å². The van der Waals surface area contributed by atoms with Crippen LogP contribution >= 0.6 is 0 Å². The van der Waals surface area contributed by atoms with Crippen LogP contribution in [0.4, 0.5) is 0 Å². The Hall–Kier alpha value is -3.36. The summed E-state index contributed by atoms with van der Waals surface area (Å²) in [5, 5.41) is 36.8. The number of rotatable bonds is 1.